The Morgan fingerprint density at radius 2 is 1.50 bits per heavy atom. The van der Waals surface area contributed by atoms with Crippen LogP contribution in [0.15, 0.2) is 0 Å². The summed E-state index contributed by atoms with van der Waals surface area (Å²) < 4.78 is 0. The van der Waals surface area contributed by atoms with Gasteiger partial charge in [0.25, 0.3) is 0 Å². The van der Waals surface area contributed by atoms with Crippen molar-refractivity contribution in [2.75, 3.05) is 0 Å². The predicted molar refractivity (Wildman–Crippen MR) is 66.0 cm³/mol. The Morgan fingerprint density at radius 1 is 0.929 bits per heavy atom. The van der Waals surface area contributed by atoms with Gasteiger partial charge in [0.1, 0.15) is 0 Å². The van der Waals surface area contributed by atoms with Crippen LogP contribution in [0.1, 0.15) is 71.6 Å². The molecule has 0 unspecified atom stereocenters. The van der Waals surface area contributed by atoms with Gasteiger partial charge in [0.2, 0.25) is 0 Å². The maximum Gasteiger partial charge on any atom is -0.0383 e. The fraction of sp³-hybridized carbons (Fsp3) is 0.857. The molecular formula is C14H28. The minimum atomic E-state index is 0.840. The predicted octanol–water partition coefficient (Wildman–Crippen LogP) is 5.19. The number of rotatable bonds is 10. The fourth-order valence-electron chi connectivity index (χ4n) is 1.62. The Balaban J connectivity index is 2.85. The highest BCUT2D eigenvalue weighted by molar-refractivity contribution is 4.66. The highest BCUT2D eigenvalue weighted by atomic mass is 14.0. The minimum absolute atomic E-state index is 0.840. The third-order valence-electron chi connectivity index (χ3n) is 2.55. The van der Waals surface area contributed by atoms with Gasteiger partial charge in [-0.3, -0.25) is 0 Å². The molecule has 14 heavy (non-hydrogen) atoms. The van der Waals surface area contributed by atoms with Crippen molar-refractivity contribution in [3.05, 3.63) is 13.3 Å². The van der Waals surface area contributed by atoms with Crippen molar-refractivity contribution < 1.29 is 0 Å². The zero-order valence-corrected chi connectivity index (χ0v) is 10.2. The molecule has 2 radical (unpaired) electrons. The van der Waals surface area contributed by atoms with E-state index >= 15 is 0 Å². The van der Waals surface area contributed by atoms with Gasteiger partial charge in [0, 0.05) is 0 Å². The molecule has 0 amide bonds. The van der Waals surface area contributed by atoms with Gasteiger partial charge in [-0.25, -0.2) is 0 Å². The lowest BCUT2D eigenvalue weighted by Crippen LogP contribution is -1.88. The van der Waals surface area contributed by atoms with Gasteiger partial charge in [-0.1, -0.05) is 72.1 Å². The van der Waals surface area contributed by atoms with E-state index in [0.29, 0.717) is 0 Å². The van der Waals surface area contributed by atoms with E-state index in [9.17, 15) is 0 Å². The van der Waals surface area contributed by atoms with Gasteiger partial charge in [-0.05, 0) is 18.8 Å². The molecular weight excluding hydrogens is 168 g/mol. The third-order valence-corrected chi connectivity index (χ3v) is 2.55. The number of unbranched alkanes of at least 4 members (excludes halogenated alkanes) is 8. The van der Waals surface area contributed by atoms with Crippen LogP contribution in [0.4, 0.5) is 0 Å². The molecule has 0 saturated carbocycles. The molecule has 0 saturated heterocycles. The Hall–Kier alpha value is 0. The van der Waals surface area contributed by atoms with E-state index in [2.05, 4.69) is 27.2 Å². The van der Waals surface area contributed by atoms with Crippen LogP contribution in [0.5, 0.6) is 0 Å². The second kappa shape index (κ2) is 11.1. The SMILES string of the molecule is [CH2]CCCCCCCC[CH]CC(C)C. The van der Waals surface area contributed by atoms with Crippen molar-refractivity contribution in [1.29, 1.82) is 0 Å². The van der Waals surface area contributed by atoms with Crippen LogP contribution in [0.2, 0.25) is 0 Å². The minimum Gasteiger partial charge on any atom is -0.0628 e. The van der Waals surface area contributed by atoms with E-state index in [1.165, 1.54) is 51.4 Å². The third kappa shape index (κ3) is 12.0. The first-order valence-electron chi connectivity index (χ1n) is 6.38. The van der Waals surface area contributed by atoms with Crippen LogP contribution in [-0.2, 0) is 0 Å². The van der Waals surface area contributed by atoms with Crippen molar-refractivity contribution in [2.24, 2.45) is 5.92 Å². The van der Waals surface area contributed by atoms with Crippen LogP contribution >= 0.6 is 0 Å². The molecule has 0 N–H and O–H groups in total. The average Bonchev–Trinajstić information content (AvgIpc) is 2.15. The first-order valence-corrected chi connectivity index (χ1v) is 6.38. The van der Waals surface area contributed by atoms with Gasteiger partial charge < -0.3 is 0 Å². The zero-order chi connectivity index (χ0) is 10.6. The monoisotopic (exact) mass is 196 g/mol. The second-order valence-corrected chi connectivity index (χ2v) is 4.68. The van der Waals surface area contributed by atoms with Gasteiger partial charge in [0.15, 0.2) is 0 Å². The highest BCUT2D eigenvalue weighted by Gasteiger charge is 1.94. The molecule has 0 aromatic carbocycles. The van der Waals surface area contributed by atoms with Crippen LogP contribution < -0.4 is 0 Å². The van der Waals surface area contributed by atoms with Crippen molar-refractivity contribution >= 4 is 0 Å². The smallest absolute Gasteiger partial charge is 0.0383 e. The van der Waals surface area contributed by atoms with Crippen molar-refractivity contribution in [3.8, 4) is 0 Å². The molecule has 0 aliphatic heterocycles. The van der Waals surface area contributed by atoms with Gasteiger partial charge in [-0.15, -0.1) is 0 Å². The fourth-order valence-corrected chi connectivity index (χ4v) is 1.62. The maximum atomic E-state index is 3.86. The van der Waals surface area contributed by atoms with Crippen molar-refractivity contribution in [2.45, 2.75) is 71.6 Å². The topological polar surface area (TPSA) is 0 Å². The highest BCUT2D eigenvalue weighted by Crippen LogP contribution is 2.11. The first kappa shape index (κ1) is 14.0. The standard InChI is InChI=1S/C14H28/c1-4-5-6-7-8-9-10-11-12-13-14(2)3/h12,14H,1,4-11,13H2,2-3H3. The van der Waals surface area contributed by atoms with E-state index in [1.807, 2.05) is 0 Å². The summed E-state index contributed by atoms with van der Waals surface area (Å²) in [7, 11) is 0. The Labute approximate surface area is 91.5 Å². The molecule has 0 aliphatic carbocycles. The molecule has 0 spiro atoms. The normalized spacial score (nSPS) is 11.1. The number of hydrogen-bond donors (Lipinski definition) is 0. The summed E-state index contributed by atoms with van der Waals surface area (Å²) in [6.45, 7) is 8.43. The largest absolute Gasteiger partial charge is 0.0628 e. The second-order valence-electron chi connectivity index (χ2n) is 4.68. The van der Waals surface area contributed by atoms with Crippen LogP contribution in [0.3, 0.4) is 0 Å². The van der Waals surface area contributed by atoms with Gasteiger partial charge in [0.05, 0.1) is 0 Å². The van der Waals surface area contributed by atoms with Crippen LogP contribution in [0.25, 0.3) is 0 Å². The molecule has 0 rings (SSSR count). The summed E-state index contributed by atoms with van der Waals surface area (Å²) in [4.78, 5) is 0. The maximum absolute atomic E-state index is 3.86. The lowest BCUT2D eigenvalue weighted by atomic mass is 10.0. The van der Waals surface area contributed by atoms with Crippen molar-refractivity contribution in [1.82, 2.24) is 0 Å². The molecule has 0 fully saturated rings. The molecule has 0 heteroatoms. The molecule has 0 nitrogen and oxygen atoms in total. The van der Waals surface area contributed by atoms with Gasteiger partial charge in [-0.2, -0.15) is 0 Å². The summed E-state index contributed by atoms with van der Waals surface area (Å²) >= 11 is 0. The average molecular weight is 196 g/mol. The summed E-state index contributed by atoms with van der Waals surface area (Å²) in [5.74, 6) is 0.840. The molecule has 0 aromatic heterocycles. The summed E-state index contributed by atoms with van der Waals surface area (Å²) in [5, 5.41) is 0. The summed E-state index contributed by atoms with van der Waals surface area (Å²) in [5.41, 5.74) is 0. The Morgan fingerprint density at radius 3 is 2.07 bits per heavy atom. The molecule has 0 aliphatic rings. The lowest BCUT2D eigenvalue weighted by molar-refractivity contribution is 0.571. The van der Waals surface area contributed by atoms with Crippen LogP contribution in [0, 0.1) is 19.3 Å². The molecule has 84 valence electrons. The molecule has 0 bridgehead atoms. The zero-order valence-electron chi connectivity index (χ0n) is 10.2. The summed E-state index contributed by atoms with van der Waals surface area (Å²) in [6, 6.07) is 0. The lowest BCUT2D eigenvalue weighted by Gasteiger charge is -2.03. The summed E-state index contributed by atoms with van der Waals surface area (Å²) in [6.07, 6.45) is 14.6. The first-order chi connectivity index (χ1) is 6.77. The van der Waals surface area contributed by atoms with E-state index in [-0.39, 0.29) is 0 Å². The Bertz CT molecular complexity index is 94.2. The molecule has 0 aromatic rings. The quantitative estimate of drug-likeness (QED) is 0.422. The van der Waals surface area contributed by atoms with Crippen molar-refractivity contribution in [3.63, 3.8) is 0 Å². The van der Waals surface area contributed by atoms with E-state index in [4.69, 9.17) is 0 Å². The van der Waals surface area contributed by atoms with Crippen LogP contribution in [-0.4, -0.2) is 0 Å². The van der Waals surface area contributed by atoms with E-state index in [0.717, 1.165) is 12.3 Å². The van der Waals surface area contributed by atoms with Gasteiger partial charge >= 0.3 is 0 Å². The number of hydrogen-bond acceptors (Lipinski definition) is 0. The molecule has 0 atom stereocenters. The molecule has 0 heterocycles. The van der Waals surface area contributed by atoms with E-state index < -0.39 is 0 Å². The Kier molecular flexibility index (Phi) is 11.1. The van der Waals surface area contributed by atoms with E-state index in [1.54, 1.807) is 0 Å².